The van der Waals surface area contributed by atoms with Crippen molar-refractivity contribution in [2.75, 3.05) is 25.1 Å². The first-order valence-corrected chi connectivity index (χ1v) is 5.50. The summed E-state index contributed by atoms with van der Waals surface area (Å²) in [6.45, 7) is 0.784. The van der Waals surface area contributed by atoms with E-state index in [9.17, 15) is 9.59 Å². The van der Waals surface area contributed by atoms with Gasteiger partial charge in [-0.05, 0) is 0 Å². The summed E-state index contributed by atoms with van der Waals surface area (Å²) < 4.78 is 0. The third-order valence-corrected chi connectivity index (χ3v) is 3.64. The maximum absolute atomic E-state index is 11.6. The van der Waals surface area contributed by atoms with Crippen LogP contribution in [0.25, 0.3) is 0 Å². The molecule has 2 heterocycles. The zero-order valence-corrected chi connectivity index (χ0v) is 8.34. The molecule has 0 aliphatic carbocycles. The molecule has 2 fully saturated rings. The second kappa shape index (κ2) is 3.21. The highest BCUT2D eigenvalue weighted by Crippen LogP contribution is 2.24. The van der Waals surface area contributed by atoms with Gasteiger partial charge in [0.15, 0.2) is 0 Å². The summed E-state index contributed by atoms with van der Waals surface area (Å²) in [7, 11) is 1.56. The molecule has 0 aromatic rings. The van der Waals surface area contributed by atoms with E-state index in [2.05, 4.69) is 0 Å². The lowest BCUT2D eigenvalue weighted by molar-refractivity contribution is -0.131. The summed E-state index contributed by atoms with van der Waals surface area (Å²) in [5.74, 6) is 1.85. The maximum Gasteiger partial charge on any atom is 0.326 e. The predicted molar refractivity (Wildman–Crippen MR) is 50.6 cm³/mol. The van der Waals surface area contributed by atoms with E-state index in [4.69, 9.17) is 0 Å². The minimum atomic E-state index is -0.124. The van der Waals surface area contributed by atoms with Gasteiger partial charge in [0, 0.05) is 31.5 Å². The first-order valence-electron chi connectivity index (χ1n) is 4.35. The van der Waals surface area contributed by atoms with E-state index in [1.807, 2.05) is 16.7 Å². The number of hydrogen-bond donors (Lipinski definition) is 0. The second-order valence-electron chi connectivity index (χ2n) is 3.36. The van der Waals surface area contributed by atoms with Crippen LogP contribution in [0.15, 0.2) is 0 Å². The van der Waals surface area contributed by atoms with Crippen LogP contribution in [-0.4, -0.2) is 52.9 Å². The number of imide groups is 1. The van der Waals surface area contributed by atoms with Crippen LogP contribution in [-0.2, 0) is 4.79 Å². The molecule has 72 valence electrons. The van der Waals surface area contributed by atoms with Gasteiger partial charge in [-0.3, -0.25) is 9.69 Å². The molecule has 5 heteroatoms. The molecular weight excluding hydrogens is 188 g/mol. The minimum Gasteiger partial charge on any atom is -0.319 e. The third kappa shape index (κ3) is 1.41. The molecule has 2 aliphatic heterocycles. The van der Waals surface area contributed by atoms with Crippen LogP contribution in [0.1, 0.15) is 6.42 Å². The highest BCUT2D eigenvalue weighted by Gasteiger charge is 2.37. The molecule has 0 aromatic heterocycles. The Kier molecular flexibility index (Phi) is 2.19. The van der Waals surface area contributed by atoms with Crippen molar-refractivity contribution < 1.29 is 9.59 Å². The zero-order chi connectivity index (χ0) is 9.42. The molecule has 0 aromatic carbocycles. The summed E-state index contributed by atoms with van der Waals surface area (Å²) in [5, 5.41) is 0. The third-order valence-electron chi connectivity index (χ3n) is 2.54. The lowest BCUT2D eigenvalue weighted by Crippen LogP contribution is -2.58. The Hall–Kier alpha value is -0.710. The van der Waals surface area contributed by atoms with Crippen molar-refractivity contribution in [3.05, 3.63) is 0 Å². The number of fused-ring (bicyclic) bond motifs is 1. The van der Waals surface area contributed by atoms with Crippen molar-refractivity contribution in [1.82, 2.24) is 9.80 Å². The van der Waals surface area contributed by atoms with Gasteiger partial charge >= 0.3 is 6.03 Å². The van der Waals surface area contributed by atoms with Crippen LogP contribution >= 0.6 is 11.8 Å². The second-order valence-corrected chi connectivity index (χ2v) is 4.51. The molecule has 0 radical (unpaired) electrons. The molecule has 13 heavy (non-hydrogen) atoms. The molecule has 0 bridgehead atoms. The first kappa shape index (κ1) is 8.87. The highest BCUT2D eigenvalue weighted by molar-refractivity contribution is 7.99. The largest absolute Gasteiger partial charge is 0.326 e. The average molecular weight is 200 g/mol. The molecule has 1 atom stereocenters. The van der Waals surface area contributed by atoms with Gasteiger partial charge in [0.05, 0.1) is 6.04 Å². The maximum atomic E-state index is 11.6. The van der Waals surface area contributed by atoms with E-state index >= 15 is 0 Å². The fourth-order valence-electron chi connectivity index (χ4n) is 1.71. The number of carbonyl (C=O) groups excluding carboxylic acids is 2. The first-order chi connectivity index (χ1) is 6.20. The molecule has 3 amide bonds. The topological polar surface area (TPSA) is 40.6 Å². The van der Waals surface area contributed by atoms with E-state index in [0.29, 0.717) is 6.42 Å². The van der Waals surface area contributed by atoms with E-state index in [1.54, 1.807) is 7.05 Å². The molecule has 4 nitrogen and oxygen atoms in total. The van der Waals surface area contributed by atoms with Gasteiger partial charge in [-0.1, -0.05) is 0 Å². The van der Waals surface area contributed by atoms with Crippen LogP contribution in [0.2, 0.25) is 0 Å². The molecule has 2 rings (SSSR count). The standard InChI is InChI=1S/C8H12N2O2S/c1-9-7(11)4-6-5-13-3-2-10(6)8(9)12/h6H,2-5H2,1H3. The normalized spacial score (nSPS) is 29.2. The Balaban J connectivity index is 2.17. The van der Waals surface area contributed by atoms with Gasteiger partial charge in [0.25, 0.3) is 0 Å². The molecule has 0 N–H and O–H groups in total. The van der Waals surface area contributed by atoms with Crippen molar-refractivity contribution in [2.24, 2.45) is 0 Å². The summed E-state index contributed by atoms with van der Waals surface area (Å²) in [4.78, 5) is 26.0. The summed E-state index contributed by atoms with van der Waals surface area (Å²) >= 11 is 1.82. The number of amides is 3. The monoisotopic (exact) mass is 200 g/mol. The van der Waals surface area contributed by atoms with E-state index in [1.165, 1.54) is 4.90 Å². The lowest BCUT2D eigenvalue weighted by atomic mass is 10.1. The van der Waals surface area contributed by atoms with Crippen molar-refractivity contribution in [2.45, 2.75) is 12.5 Å². The Morgan fingerprint density at radius 2 is 2.23 bits per heavy atom. The van der Waals surface area contributed by atoms with Gasteiger partial charge in [-0.2, -0.15) is 11.8 Å². The van der Waals surface area contributed by atoms with Crippen LogP contribution < -0.4 is 0 Å². The summed E-state index contributed by atoms with van der Waals surface area (Å²) in [5.41, 5.74) is 0. The number of hydrogen-bond acceptors (Lipinski definition) is 3. The van der Waals surface area contributed by atoms with Crippen LogP contribution in [0, 0.1) is 0 Å². The highest BCUT2D eigenvalue weighted by atomic mass is 32.2. The number of urea groups is 1. The Labute approximate surface area is 81.2 Å². The van der Waals surface area contributed by atoms with Crippen molar-refractivity contribution >= 4 is 23.7 Å². The van der Waals surface area contributed by atoms with Crippen LogP contribution in [0.4, 0.5) is 4.79 Å². The molecule has 0 spiro atoms. The molecule has 0 saturated carbocycles. The quantitative estimate of drug-likeness (QED) is 0.568. The smallest absolute Gasteiger partial charge is 0.319 e. The van der Waals surface area contributed by atoms with Crippen LogP contribution in [0.3, 0.4) is 0 Å². The van der Waals surface area contributed by atoms with Crippen molar-refractivity contribution in [3.63, 3.8) is 0 Å². The van der Waals surface area contributed by atoms with Gasteiger partial charge in [-0.25, -0.2) is 4.79 Å². The Morgan fingerprint density at radius 3 is 3.00 bits per heavy atom. The van der Waals surface area contributed by atoms with Gasteiger partial charge in [0.2, 0.25) is 5.91 Å². The summed E-state index contributed by atoms with van der Waals surface area (Å²) in [6.07, 6.45) is 0.495. The number of thioether (sulfide) groups is 1. The zero-order valence-electron chi connectivity index (χ0n) is 7.52. The molecule has 2 saturated heterocycles. The predicted octanol–water partition coefficient (Wildman–Crippen LogP) is 0.386. The van der Waals surface area contributed by atoms with E-state index in [-0.39, 0.29) is 18.0 Å². The number of rotatable bonds is 0. The average Bonchev–Trinajstić information content (AvgIpc) is 2.15. The fourth-order valence-corrected chi connectivity index (χ4v) is 2.78. The number of carbonyl (C=O) groups is 2. The molecule has 2 aliphatic rings. The Bertz CT molecular complexity index is 257. The van der Waals surface area contributed by atoms with E-state index < -0.39 is 0 Å². The Morgan fingerprint density at radius 1 is 1.46 bits per heavy atom. The van der Waals surface area contributed by atoms with E-state index in [0.717, 1.165) is 18.1 Å². The van der Waals surface area contributed by atoms with Crippen molar-refractivity contribution in [1.29, 1.82) is 0 Å². The lowest BCUT2D eigenvalue weighted by Gasteiger charge is -2.41. The number of nitrogens with zero attached hydrogens (tertiary/aromatic N) is 2. The van der Waals surface area contributed by atoms with Gasteiger partial charge in [0.1, 0.15) is 0 Å². The minimum absolute atomic E-state index is 0.0475. The SMILES string of the molecule is CN1C(=O)CC2CSCCN2C1=O. The van der Waals surface area contributed by atoms with Crippen molar-refractivity contribution in [3.8, 4) is 0 Å². The van der Waals surface area contributed by atoms with Gasteiger partial charge < -0.3 is 4.90 Å². The summed E-state index contributed by atoms with van der Waals surface area (Å²) in [6, 6.07) is 0.0245. The molecular formula is C8H12N2O2S. The fraction of sp³-hybridized carbons (Fsp3) is 0.750. The van der Waals surface area contributed by atoms with Crippen LogP contribution in [0.5, 0.6) is 0 Å². The molecule has 1 unspecified atom stereocenters. The van der Waals surface area contributed by atoms with Gasteiger partial charge in [-0.15, -0.1) is 0 Å².